The van der Waals surface area contributed by atoms with Gasteiger partial charge in [0.2, 0.25) is 5.91 Å². The third-order valence-corrected chi connectivity index (χ3v) is 4.18. The third-order valence-electron chi connectivity index (χ3n) is 3.51. The van der Waals surface area contributed by atoms with Gasteiger partial charge in [-0.25, -0.2) is 0 Å². The Balaban J connectivity index is 2.06. The minimum atomic E-state index is -0.00176. The molecule has 5 heteroatoms. The van der Waals surface area contributed by atoms with Crippen LogP contribution in [0.4, 0.5) is 5.69 Å². The Morgan fingerprint density at radius 3 is 2.63 bits per heavy atom. The highest BCUT2D eigenvalue weighted by Crippen LogP contribution is 2.49. The predicted octanol–water partition coefficient (Wildman–Crippen LogP) is 2.74. The molecule has 1 aliphatic carbocycles. The van der Waals surface area contributed by atoms with E-state index in [2.05, 4.69) is 17.9 Å². The van der Waals surface area contributed by atoms with E-state index in [0.29, 0.717) is 23.6 Å². The number of amides is 1. The molecule has 1 N–H and O–H groups in total. The molecule has 0 aromatic heterocycles. The summed E-state index contributed by atoms with van der Waals surface area (Å²) in [6.45, 7) is 0. The number of methoxy groups -OCH3 is 2. The predicted molar refractivity (Wildman–Crippen MR) is 78.3 cm³/mol. The second-order valence-corrected chi connectivity index (χ2v) is 5.27. The third kappa shape index (κ3) is 3.35. The molecule has 0 aliphatic heterocycles. The first-order chi connectivity index (χ1) is 9.12. The van der Waals surface area contributed by atoms with Crippen molar-refractivity contribution in [2.24, 2.45) is 5.41 Å². The lowest BCUT2D eigenvalue weighted by atomic mass is 10.1. The molecule has 1 fully saturated rings. The first-order valence-corrected chi connectivity index (χ1v) is 6.88. The fourth-order valence-electron chi connectivity index (χ4n) is 2.01. The molecule has 0 radical (unpaired) electrons. The molecule has 1 aromatic rings. The summed E-state index contributed by atoms with van der Waals surface area (Å²) < 4.78 is 10.4. The Bertz CT molecular complexity index is 472. The molecular weight excluding hydrogens is 262 g/mol. The molecule has 0 unspecified atom stereocenters. The van der Waals surface area contributed by atoms with E-state index in [1.165, 1.54) is 0 Å². The van der Waals surface area contributed by atoms with Crippen molar-refractivity contribution in [1.82, 2.24) is 0 Å². The van der Waals surface area contributed by atoms with Crippen LogP contribution in [0.3, 0.4) is 0 Å². The van der Waals surface area contributed by atoms with Crippen molar-refractivity contribution < 1.29 is 14.3 Å². The second-order valence-electron chi connectivity index (χ2n) is 4.95. The SMILES string of the molecule is COc1ccc(OC)c(NC(=O)CC2(CS)CC2)c1. The highest BCUT2D eigenvalue weighted by Gasteiger charge is 2.42. The highest BCUT2D eigenvalue weighted by molar-refractivity contribution is 7.80. The zero-order valence-corrected chi connectivity index (χ0v) is 12.1. The van der Waals surface area contributed by atoms with Gasteiger partial charge in [-0.2, -0.15) is 12.6 Å². The molecule has 4 nitrogen and oxygen atoms in total. The molecule has 104 valence electrons. The molecule has 1 amide bonds. The number of nitrogens with one attached hydrogen (secondary N) is 1. The van der Waals surface area contributed by atoms with Crippen LogP contribution in [0, 0.1) is 5.41 Å². The lowest BCUT2D eigenvalue weighted by Gasteiger charge is -2.14. The summed E-state index contributed by atoms with van der Waals surface area (Å²) in [6, 6.07) is 5.33. The monoisotopic (exact) mass is 281 g/mol. The molecule has 1 saturated carbocycles. The number of hydrogen-bond donors (Lipinski definition) is 2. The first-order valence-electron chi connectivity index (χ1n) is 6.25. The number of carbonyl (C=O) groups is 1. The van der Waals surface area contributed by atoms with Crippen LogP contribution >= 0.6 is 12.6 Å². The number of ether oxygens (including phenoxy) is 2. The Morgan fingerprint density at radius 1 is 1.37 bits per heavy atom. The lowest BCUT2D eigenvalue weighted by molar-refractivity contribution is -0.117. The normalized spacial score (nSPS) is 15.7. The van der Waals surface area contributed by atoms with Gasteiger partial charge in [-0.05, 0) is 36.1 Å². The van der Waals surface area contributed by atoms with Gasteiger partial charge >= 0.3 is 0 Å². The minimum absolute atomic E-state index is 0.00176. The van der Waals surface area contributed by atoms with Crippen molar-refractivity contribution in [1.29, 1.82) is 0 Å². The number of rotatable bonds is 6. The quantitative estimate of drug-likeness (QED) is 0.788. The summed E-state index contributed by atoms with van der Waals surface area (Å²) in [5.41, 5.74) is 0.751. The van der Waals surface area contributed by atoms with Gasteiger partial charge in [-0.3, -0.25) is 4.79 Å². The molecule has 1 aromatic carbocycles. The largest absolute Gasteiger partial charge is 0.497 e. The van der Waals surface area contributed by atoms with Crippen molar-refractivity contribution in [3.63, 3.8) is 0 Å². The number of benzene rings is 1. The van der Waals surface area contributed by atoms with E-state index in [0.717, 1.165) is 18.6 Å². The maximum atomic E-state index is 12.1. The number of thiol groups is 1. The molecule has 0 spiro atoms. The average molecular weight is 281 g/mol. The summed E-state index contributed by atoms with van der Waals surface area (Å²) >= 11 is 4.31. The molecule has 0 heterocycles. The van der Waals surface area contributed by atoms with Gasteiger partial charge in [0.15, 0.2) is 0 Å². The fourth-order valence-corrected chi connectivity index (χ4v) is 2.44. The van der Waals surface area contributed by atoms with Crippen LogP contribution in [0.15, 0.2) is 18.2 Å². The highest BCUT2D eigenvalue weighted by atomic mass is 32.1. The van der Waals surface area contributed by atoms with E-state index < -0.39 is 0 Å². The average Bonchev–Trinajstić information content (AvgIpc) is 3.18. The molecule has 0 bridgehead atoms. The first kappa shape index (κ1) is 14.1. The van der Waals surface area contributed by atoms with E-state index in [1.54, 1.807) is 32.4 Å². The van der Waals surface area contributed by atoms with Crippen molar-refractivity contribution in [2.75, 3.05) is 25.3 Å². The summed E-state index contributed by atoms with van der Waals surface area (Å²) in [4.78, 5) is 12.1. The zero-order chi connectivity index (χ0) is 13.9. The van der Waals surface area contributed by atoms with E-state index in [-0.39, 0.29) is 11.3 Å². The summed E-state index contributed by atoms with van der Waals surface area (Å²) in [5.74, 6) is 2.07. The topological polar surface area (TPSA) is 47.6 Å². The molecule has 0 saturated heterocycles. The smallest absolute Gasteiger partial charge is 0.225 e. The van der Waals surface area contributed by atoms with Gasteiger partial charge in [-0.15, -0.1) is 0 Å². The van der Waals surface area contributed by atoms with Crippen LogP contribution in [0.5, 0.6) is 11.5 Å². The van der Waals surface area contributed by atoms with Crippen LogP contribution in [0.2, 0.25) is 0 Å². The van der Waals surface area contributed by atoms with E-state index in [4.69, 9.17) is 9.47 Å². The van der Waals surface area contributed by atoms with Crippen LogP contribution in [0.1, 0.15) is 19.3 Å². The van der Waals surface area contributed by atoms with Crippen LogP contribution < -0.4 is 14.8 Å². The van der Waals surface area contributed by atoms with Gasteiger partial charge in [0.25, 0.3) is 0 Å². The molecule has 1 aliphatic rings. The van der Waals surface area contributed by atoms with Crippen molar-refractivity contribution >= 4 is 24.2 Å². The molecule has 2 rings (SSSR count). The summed E-state index contributed by atoms with van der Waals surface area (Å²) in [6.07, 6.45) is 2.68. The van der Waals surface area contributed by atoms with Crippen molar-refractivity contribution in [2.45, 2.75) is 19.3 Å². The Labute approximate surface area is 118 Å². The lowest BCUT2D eigenvalue weighted by Crippen LogP contribution is -2.18. The van der Waals surface area contributed by atoms with Crippen LogP contribution in [0.25, 0.3) is 0 Å². The standard InChI is InChI=1S/C14H19NO3S/c1-17-10-3-4-12(18-2)11(7-10)15-13(16)8-14(9-19)5-6-14/h3-4,7,19H,5-6,8-9H2,1-2H3,(H,15,16). The number of anilines is 1. The van der Waals surface area contributed by atoms with Gasteiger partial charge < -0.3 is 14.8 Å². The summed E-state index contributed by atoms with van der Waals surface area (Å²) in [5, 5.41) is 2.89. The molecule has 0 atom stereocenters. The number of hydrogen-bond acceptors (Lipinski definition) is 4. The van der Waals surface area contributed by atoms with Crippen molar-refractivity contribution in [3.8, 4) is 11.5 Å². The maximum absolute atomic E-state index is 12.1. The maximum Gasteiger partial charge on any atom is 0.225 e. The second kappa shape index (κ2) is 5.74. The molecule has 19 heavy (non-hydrogen) atoms. The number of carbonyl (C=O) groups excluding carboxylic acids is 1. The van der Waals surface area contributed by atoms with Gasteiger partial charge in [0, 0.05) is 12.5 Å². The fraction of sp³-hybridized carbons (Fsp3) is 0.500. The van der Waals surface area contributed by atoms with Crippen LogP contribution in [-0.2, 0) is 4.79 Å². The van der Waals surface area contributed by atoms with Crippen molar-refractivity contribution in [3.05, 3.63) is 18.2 Å². The Hall–Kier alpha value is -1.36. The van der Waals surface area contributed by atoms with E-state index >= 15 is 0 Å². The minimum Gasteiger partial charge on any atom is -0.497 e. The van der Waals surface area contributed by atoms with Gasteiger partial charge in [0.05, 0.1) is 19.9 Å². The van der Waals surface area contributed by atoms with Crippen LogP contribution in [-0.4, -0.2) is 25.9 Å². The molecular formula is C14H19NO3S. The van der Waals surface area contributed by atoms with E-state index in [9.17, 15) is 4.79 Å². The van der Waals surface area contributed by atoms with E-state index in [1.807, 2.05) is 0 Å². The van der Waals surface area contributed by atoms with Gasteiger partial charge in [-0.1, -0.05) is 0 Å². The zero-order valence-electron chi connectivity index (χ0n) is 11.2. The summed E-state index contributed by atoms with van der Waals surface area (Å²) in [7, 11) is 3.17. The Morgan fingerprint density at radius 2 is 2.11 bits per heavy atom. The van der Waals surface area contributed by atoms with Gasteiger partial charge in [0.1, 0.15) is 11.5 Å². The Kier molecular flexibility index (Phi) is 4.24.